The molecule has 1 aliphatic rings. The average Bonchev–Trinajstić information content (AvgIpc) is 2.96. The van der Waals surface area contributed by atoms with E-state index < -0.39 is 5.54 Å². The molecule has 1 unspecified atom stereocenters. The van der Waals surface area contributed by atoms with Crippen LogP contribution in [0.15, 0.2) is 42.5 Å². The van der Waals surface area contributed by atoms with Gasteiger partial charge in [-0.1, -0.05) is 24.3 Å². The van der Waals surface area contributed by atoms with Crippen molar-refractivity contribution < 1.29 is 14.6 Å². The number of rotatable bonds is 4. The van der Waals surface area contributed by atoms with E-state index in [9.17, 15) is 9.90 Å². The van der Waals surface area contributed by atoms with Crippen LogP contribution in [0.1, 0.15) is 23.1 Å². The molecule has 3 N–H and O–H groups in total. The van der Waals surface area contributed by atoms with Gasteiger partial charge in [-0.05, 0) is 54.7 Å². The van der Waals surface area contributed by atoms with Crippen LogP contribution in [0.4, 0.5) is 10.5 Å². The van der Waals surface area contributed by atoms with E-state index in [0.29, 0.717) is 12.1 Å². The number of aliphatic hydroxyl groups excluding tert-OH is 1. The number of anilines is 1. The summed E-state index contributed by atoms with van der Waals surface area (Å²) in [6.07, 6.45) is 1.54. The van der Waals surface area contributed by atoms with Crippen LogP contribution in [0, 0.1) is 6.92 Å². The van der Waals surface area contributed by atoms with E-state index >= 15 is 0 Å². The first-order valence-electron chi connectivity index (χ1n) is 8.01. The van der Waals surface area contributed by atoms with Gasteiger partial charge in [0.15, 0.2) is 0 Å². The van der Waals surface area contributed by atoms with Crippen molar-refractivity contribution in [3.05, 3.63) is 59.2 Å². The number of carbonyl (C=O) groups excluding carboxylic acids is 1. The molecule has 0 saturated carbocycles. The van der Waals surface area contributed by atoms with Gasteiger partial charge in [0.05, 0.1) is 19.3 Å². The van der Waals surface area contributed by atoms with Crippen molar-refractivity contribution >= 4 is 11.7 Å². The molecule has 0 bridgehead atoms. The van der Waals surface area contributed by atoms with Gasteiger partial charge < -0.3 is 20.5 Å². The summed E-state index contributed by atoms with van der Waals surface area (Å²) in [5.41, 5.74) is 3.07. The molecule has 2 aromatic rings. The number of methoxy groups -OCH3 is 1. The highest BCUT2D eigenvalue weighted by Crippen LogP contribution is 2.36. The summed E-state index contributed by atoms with van der Waals surface area (Å²) < 4.78 is 5.17. The molecule has 0 radical (unpaired) electrons. The highest BCUT2D eigenvalue weighted by molar-refractivity contribution is 5.91. The van der Waals surface area contributed by atoms with Gasteiger partial charge in [0.2, 0.25) is 0 Å². The van der Waals surface area contributed by atoms with Crippen molar-refractivity contribution in [3.8, 4) is 5.75 Å². The van der Waals surface area contributed by atoms with Gasteiger partial charge in [-0.3, -0.25) is 0 Å². The van der Waals surface area contributed by atoms with Gasteiger partial charge >= 0.3 is 6.03 Å². The van der Waals surface area contributed by atoms with E-state index in [-0.39, 0.29) is 12.6 Å². The number of carbonyl (C=O) groups is 1. The minimum Gasteiger partial charge on any atom is -0.497 e. The number of nitrogens with one attached hydrogen (secondary N) is 2. The first kappa shape index (κ1) is 16.3. The molecule has 0 saturated heterocycles. The third-order valence-electron chi connectivity index (χ3n) is 4.66. The normalized spacial score (nSPS) is 18.8. The molecule has 24 heavy (non-hydrogen) atoms. The molecule has 2 amide bonds. The number of hydrogen-bond donors (Lipinski definition) is 3. The van der Waals surface area contributed by atoms with Crippen LogP contribution in [0.3, 0.4) is 0 Å². The predicted octanol–water partition coefficient (Wildman–Crippen LogP) is 2.96. The second-order valence-electron chi connectivity index (χ2n) is 6.16. The summed E-state index contributed by atoms with van der Waals surface area (Å²) in [6, 6.07) is 13.1. The maximum absolute atomic E-state index is 12.5. The van der Waals surface area contributed by atoms with E-state index in [4.69, 9.17) is 4.74 Å². The fourth-order valence-corrected chi connectivity index (χ4v) is 3.30. The van der Waals surface area contributed by atoms with E-state index in [1.54, 1.807) is 13.2 Å². The Morgan fingerprint density at radius 2 is 2.08 bits per heavy atom. The number of amides is 2. The largest absolute Gasteiger partial charge is 0.497 e. The van der Waals surface area contributed by atoms with Gasteiger partial charge in [0.25, 0.3) is 0 Å². The van der Waals surface area contributed by atoms with Crippen LogP contribution in [0.25, 0.3) is 0 Å². The van der Waals surface area contributed by atoms with Crippen molar-refractivity contribution in [1.29, 1.82) is 0 Å². The summed E-state index contributed by atoms with van der Waals surface area (Å²) in [7, 11) is 1.61. The number of fused-ring (bicyclic) bond motifs is 1. The Kier molecular flexibility index (Phi) is 4.44. The number of benzene rings is 2. The van der Waals surface area contributed by atoms with Gasteiger partial charge in [-0.15, -0.1) is 0 Å². The molecule has 1 aliphatic carbocycles. The lowest BCUT2D eigenvalue weighted by Gasteiger charge is -2.29. The molecule has 3 rings (SSSR count). The highest BCUT2D eigenvalue weighted by Gasteiger charge is 2.39. The summed E-state index contributed by atoms with van der Waals surface area (Å²) in [6.45, 7) is 1.78. The Bertz CT molecular complexity index is 760. The van der Waals surface area contributed by atoms with E-state index in [1.807, 2.05) is 43.3 Å². The lowest BCUT2D eigenvalue weighted by atomic mass is 9.93. The fourth-order valence-electron chi connectivity index (χ4n) is 3.30. The summed E-state index contributed by atoms with van der Waals surface area (Å²) >= 11 is 0. The lowest BCUT2D eigenvalue weighted by Crippen LogP contribution is -2.48. The number of ether oxygens (including phenoxy) is 1. The van der Waals surface area contributed by atoms with Gasteiger partial charge in [-0.2, -0.15) is 0 Å². The van der Waals surface area contributed by atoms with Crippen molar-refractivity contribution in [2.24, 2.45) is 0 Å². The molecular formula is C19H22N2O3. The van der Waals surface area contributed by atoms with Crippen molar-refractivity contribution in [2.45, 2.75) is 25.3 Å². The SMILES string of the molecule is COc1ccc(NC(=O)NC2(CO)CCc3ccccc32)c(C)c1. The van der Waals surface area contributed by atoms with E-state index in [0.717, 1.165) is 23.3 Å². The van der Waals surface area contributed by atoms with Crippen molar-refractivity contribution in [3.63, 3.8) is 0 Å². The van der Waals surface area contributed by atoms with Crippen LogP contribution < -0.4 is 15.4 Å². The van der Waals surface area contributed by atoms with Gasteiger partial charge in [0, 0.05) is 5.69 Å². The van der Waals surface area contributed by atoms with Crippen LogP contribution in [0.5, 0.6) is 5.75 Å². The summed E-state index contributed by atoms with van der Waals surface area (Å²) in [5, 5.41) is 15.8. The highest BCUT2D eigenvalue weighted by atomic mass is 16.5. The van der Waals surface area contributed by atoms with Crippen molar-refractivity contribution in [2.75, 3.05) is 19.0 Å². The Labute approximate surface area is 141 Å². The topological polar surface area (TPSA) is 70.6 Å². The number of aliphatic hydroxyl groups is 1. The zero-order valence-corrected chi connectivity index (χ0v) is 13.9. The summed E-state index contributed by atoms with van der Waals surface area (Å²) in [5.74, 6) is 0.745. The monoisotopic (exact) mass is 326 g/mol. The molecule has 126 valence electrons. The molecule has 0 aliphatic heterocycles. The van der Waals surface area contributed by atoms with Crippen LogP contribution >= 0.6 is 0 Å². The summed E-state index contributed by atoms with van der Waals surface area (Å²) in [4.78, 5) is 12.5. The number of urea groups is 1. The third-order valence-corrected chi connectivity index (χ3v) is 4.66. The molecule has 2 aromatic carbocycles. The molecule has 1 atom stereocenters. The quantitative estimate of drug-likeness (QED) is 0.809. The molecule has 0 fully saturated rings. The third kappa shape index (κ3) is 2.95. The smallest absolute Gasteiger partial charge is 0.320 e. The second-order valence-corrected chi connectivity index (χ2v) is 6.16. The average molecular weight is 326 g/mol. The fraction of sp³-hybridized carbons (Fsp3) is 0.316. The Balaban J connectivity index is 1.77. The first-order valence-corrected chi connectivity index (χ1v) is 8.01. The zero-order valence-electron chi connectivity index (χ0n) is 13.9. The second kappa shape index (κ2) is 6.53. The van der Waals surface area contributed by atoms with Crippen LogP contribution in [-0.4, -0.2) is 24.9 Å². The van der Waals surface area contributed by atoms with Crippen LogP contribution in [-0.2, 0) is 12.0 Å². The molecule has 0 spiro atoms. The number of aryl methyl sites for hydroxylation is 2. The Morgan fingerprint density at radius 1 is 1.29 bits per heavy atom. The van der Waals surface area contributed by atoms with E-state index in [1.165, 1.54) is 5.56 Å². The standard InChI is InChI=1S/C19H22N2O3/c1-13-11-15(24-2)7-8-17(13)20-18(23)21-19(12-22)10-9-14-5-3-4-6-16(14)19/h3-8,11,22H,9-10,12H2,1-2H3,(H2,20,21,23). The Morgan fingerprint density at radius 3 is 2.79 bits per heavy atom. The minimum absolute atomic E-state index is 0.126. The molecular weight excluding hydrogens is 304 g/mol. The van der Waals surface area contributed by atoms with E-state index in [2.05, 4.69) is 10.6 Å². The molecule has 5 heteroatoms. The van der Waals surface area contributed by atoms with Gasteiger partial charge in [-0.25, -0.2) is 4.79 Å². The number of hydrogen-bond acceptors (Lipinski definition) is 3. The maximum Gasteiger partial charge on any atom is 0.320 e. The Hall–Kier alpha value is -2.53. The minimum atomic E-state index is -0.721. The van der Waals surface area contributed by atoms with Crippen LogP contribution in [0.2, 0.25) is 0 Å². The molecule has 0 aromatic heterocycles. The first-order chi connectivity index (χ1) is 11.6. The van der Waals surface area contributed by atoms with Gasteiger partial charge in [0.1, 0.15) is 5.75 Å². The van der Waals surface area contributed by atoms with Crippen molar-refractivity contribution in [1.82, 2.24) is 5.32 Å². The zero-order chi connectivity index (χ0) is 17.2. The molecule has 0 heterocycles. The predicted molar refractivity (Wildman–Crippen MR) is 93.4 cm³/mol. The molecule has 5 nitrogen and oxygen atoms in total. The lowest BCUT2D eigenvalue weighted by molar-refractivity contribution is 0.164. The maximum atomic E-state index is 12.5.